The van der Waals surface area contributed by atoms with Gasteiger partial charge in [0.05, 0.1) is 11.6 Å². The maximum Gasteiger partial charge on any atom is 0.188 e. The highest BCUT2D eigenvalue weighted by Crippen LogP contribution is 2.28. The van der Waals surface area contributed by atoms with Crippen LogP contribution in [0.2, 0.25) is 0 Å². The minimum Gasteiger partial charge on any atom is -0.330 e. The van der Waals surface area contributed by atoms with Crippen molar-refractivity contribution in [2.45, 2.75) is 0 Å². The second kappa shape index (κ2) is 5.42. The summed E-state index contributed by atoms with van der Waals surface area (Å²) in [6, 6.07) is 9.20. The van der Waals surface area contributed by atoms with Gasteiger partial charge in [-0.15, -0.1) is 6.42 Å². The topological polar surface area (TPSA) is 20.3 Å². The molecule has 1 aromatic rings. The van der Waals surface area contributed by atoms with Gasteiger partial charge in [-0.05, 0) is 5.41 Å². The molecule has 84 valence electrons. The molecule has 0 amide bonds. The molecule has 2 nitrogen and oxygen atoms in total. The van der Waals surface area contributed by atoms with Gasteiger partial charge in [-0.2, -0.15) is 0 Å². The number of ketones is 1. The van der Waals surface area contributed by atoms with E-state index in [4.69, 9.17) is 6.42 Å². The van der Waals surface area contributed by atoms with E-state index in [2.05, 4.69) is 5.92 Å². The number of thioether (sulfide) groups is 1. The maximum absolute atomic E-state index is 12.0. The van der Waals surface area contributed by atoms with E-state index in [-0.39, 0.29) is 5.78 Å². The van der Waals surface area contributed by atoms with Crippen molar-refractivity contribution < 1.29 is 4.79 Å². The monoisotopic (exact) mass is 241 g/mol. The SMILES string of the molecule is C#CCN1C=CSC1=CC(=O)c1ccccc1. The summed E-state index contributed by atoms with van der Waals surface area (Å²) in [5, 5.41) is 2.79. The summed E-state index contributed by atoms with van der Waals surface area (Å²) in [7, 11) is 0. The Morgan fingerprint density at radius 3 is 2.88 bits per heavy atom. The van der Waals surface area contributed by atoms with Crippen LogP contribution in [0.5, 0.6) is 0 Å². The summed E-state index contributed by atoms with van der Waals surface area (Å²) in [6.45, 7) is 0.484. The predicted octanol–water partition coefficient (Wildman–Crippen LogP) is 2.86. The van der Waals surface area contributed by atoms with Crippen molar-refractivity contribution in [1.29, 1.82) is 0 Å². The summed E-state index contributed by atoms with van der Waals surface area (Å²) < 4.78 is 0. The quantitative estimate of drug-likeness (QED) is 0.461. The van der Waals surface area contributed by atoms with Gasteiger partial charge in [-0.1, -0.05) is 48.0 Å². The molecule has 17 heavy (non-hydrogen) atoms. The molecule has 0 saturated carbocycles. The molecule has 0 radical (unpaired) electrons. The van der Waals surface area contributed by atoms with Gasteiger partial charge < -0.3 is 4.90 Å². The molecule has 0 unspecified atom stereocenters. The summed E-state index contributed by atoms with van der Waals surface area (Å²) in [4.78, 5) is 13.8. The number of terminal acetylenes is 1. The highest BCUT2D eigenvalue weighted by atomic mass is 32.2. The molecule has 0 saturated heterocycles. The minimum atomic E-state index is -0.00109. The van der Waals surface area contributed by atoms with Crippen molar-refractivity contribution in [1.82, 2.24) is 4.90 Å². The van der Waals surface area contributed by atoms with Crippen LogP contribution in [0.15, 0.2) is 53.0 Å². The van der Waals surface area contributed by atoms with Crippen molar-refractivity contribution in [3.63, 3.8) is 0 Å². The van der Waals surface area contributed by atoms with E-state index in [1.165, 1.54) is 11.8 Å². The fourth-order valence-electron chi connectivity index (χ4n) is 1.46. The zero-order chi connectivity index (χ0) is 12.1. The van der Waals surface area contributed by atoms with Gasteiger partial charge in [-0.3, -0.25) is 4.79 Å². The Balaban J connectivity index is 2.15. The first kappa shape index (κ1) is 11.6. The standard InChI is InChI=1S/C14H11NOS/c1-2-8-15-9-10-17-14(15)11-13(16)12-6-4-3-5-7-12/h1,3-7,9-11H,8H2. The second-order valence-corrected chi connectivity index (χ2v) is 4.37. The lowest BCUT2D eigenvalue weighted by molar-refractivity contribution is 0.104. The van der Waals surface area contributed by atoms with Gasteiger partial charge in [0, 0.05) is 17.8 Å². The minimum absolute atomic E-state index is 0.00109. The number of carbonyl (C=O) groups is 1. The lowest BCUT2D eigenvalue weighted by Crippen LogP contribution is -2.12. The molecule has 0 spiro atoms. The second-order valence-electron chi connectivity index (χ2n) is 3.45. The summed E-state index contributed by atoms with van der Waals surface area (Å²) in [6.07, 6.45) is 8.77. The van der Waals surface area contributed by atoms with Crippen LogP contribution in [0.3, 0.4) is 0 Å². The average molecular weight is 241 g/mol. The molecule has 0 bridgehead atoms. The first-order chi connectivity index (χ1) is 8.31. The fourth-order valence-corrected chi connectivity index (χ4v) is 2.24. The molecule has 1 heterocycles. The van der Waals surface area contributed by atoms with Crippen molar-refractivity contribution >= 4 is 17.5 Å². The van der Waals surface area contributed by atoms with E-state index in [9.17, 15) is 4.79 Å². The third kappa shape index (κ3) is 2.80. The van der Waals surface area contributed by atoms with Crippen LogP contribution in [0.25, 0.3) is 0 Å². The van der Waals surface area contributed by atoms with Crippen LogP contribution in [-0.2, 0) is 0 Å². The van der Waals surface area contributed by atoms with Gasteiger partial charge in [0.1, 0.15) is 0 Å². The van der Waals surface area contributed by atoms with Gasteiger partial charge in [0.15, 0.2) is 5.78 Å². The Hall–Kier alpha value is -1.92. The Labute approximate surface area is 105 Å². The van der Waals surface area contributed by atoms with E-state index >= 15 is 0 Å². The van der Waals surface area contributed by atoms with Crippen LogP contribution in [0.4, 0.5) is 0 Å². The normalized spacial score (nSPS) is 16.2. The maximum atomic E-state index is 12.0. The van der Waals surface area contributed by atoms with Gasteiger partial charge >= 0.3 is 0 Å². The van der Waals surface area contributed by atoms with Crippen LogP contribution in [0, 0.1) is 12.3 Å². The number of carbonyl (C=O) groups excluding carboxylic acids is 1. The largest absolute Gasteiger partial charge is 0.330 e. The molecule has 0 aromatic heterocycles. The molecule has 0 N–H and O–H groups in total. The van der Waals surface area contributed by atoms with E-state index in [0.29, 0.717) is 12.1 Å². The number of hydrogen-bond acceptors (Lipinski definition) is 3. The molecule has 0 fully saturated rings. The predicted molar refractivity (Wildman–Crippen MR) is 71.1 cm³/mol. The first-order valence-electron chi connectivity index (χ1n) is 5.16. The molecule has 0 aliphatic carbocycles. The number of nitrogens with zero attached hydrogens (tertiary/aromatic N) is 1. The lowest BCUT2D eigenvalue weighted by atomic mass is 10.1. The van der Waals surface area contributed by atoms with Crippen LogP contribution < -0.4 is 0 Å². The van der Waals surface area contributed by atoms with Crippen molar-refractivity contribution in [3.05, 3.63) is 58.6 Å². The molecular formula is C14H11NOS. The van der Waals surface area contributed by atoms with Crippen molar-refractivity contribution in [2.75, 3.05) is 6.54 Å². The smallest absolute Gasteiger partial charge is 0.188 e. The van der Waals surface area contributed by atoms with E-state index < -0.39 is 0 Å². The molecule has 2 rings (SSSR count). The van der Waals surface area contributed by atoms with E-state index in [1.807, 2.05) is 34.7 Å². The zero-order valence-corrected chi connectivity index (χ0v) is 9.98. The Morgan fingerprint density at radius 1 is 1.41 bits per heavy atom. The molecule has 1 aliphatic rings. The van der Waals surface area contributed by atoms with E-state index in [1.54, 1.807) is 18.2 Å². The first-order valence-corrected chi connectivity index (χ1v) is 6.04. The van der Waals surface area contributed by atoms with Gasteiger partial charge in [-0.25, -0.2) is 0 Å². The van der Waals surface area contributed by atoms with Gasteiger partial charge in [0.2, 0.25) is 0 Å². The number of rotatable bonds is 3. The van der Waals surface area contributed by atoms with Gasteiger partial charge in [0.25, 0.3) is 0 Å². The summed E-state index contributed by atoms with van der Waals surface area (Å²) in [5.41, 5.74) is 0.688. The highest BCUT2D eigenvalue weighted by molar-refractivity contribution is 8.06. The van der Waals surface area contributed by atoms with Crippen LogP contribution in [-0.4, -0.2) is 17.2 Å². The Kier molecular flexibility index (Phi) is 3.69. The molecule has 3 heteroatoms. The van der Waals surface area contributed by atoms with Crippen LogP contribution >= 0.6 is 11.8 Å². The van der Waals surface area contributed by atoms with Crippen molar-refractivity contribution in [3.8, 4) is 12.3 Å². The lowest BCUT2D eigenvalue weighted by Gasteiger charge is -2.13. The third-order valence-electron chi connectivity index (χ3n) is 2.29. The Morgan fingerprint density at radius 2 is 2.18 bits per heavy atom. The zero-order valence-electron chi connectivity index (χ0n) is 9.17. The Bertz CT molecular complexity index is 511. The van der Waals surface area contributed by atoms with Crippen LogP contribution in [0.1, 0.15) is 10.4 Å². The average Bonchev–Trinajstić information content (AvgIpc) is 2.78. The van der Waals surface area contributed by atoms with Crippen molar-refractivity contribution in [2.24, 2.45) is 0 Å². The third-order valence-corrected chi connectivity index (χ3v) is 3.14. The fraction of sp³-hybridized carbons (Fsp3) is 0.0714. The molecular weight excluding hydrogens is 230 g/mol. The summed E-state index contributed by atoms with van der Waals surface area (Å²) >= 11 is 1.50. The highest BCUT2D eigenvalue weighted by Gasteiger charge is 2.13. The number of benzene rings is 1. The molecule has 1 aliphatic heterocycles. The summed E-state index contributed by atoms with van der Waals surface area (Å²) in [5.74, 6) is 2.56. The van der Waals surface area contributed by atoms with E-state index in [0.717, 1.165) is 5.03 Å². The molecule has 1 aromatic carbocycles. The number of allylic oxidation sites excluding steroid dienone is 1. The number of hydrogen-bond donors (Lipinski definition) is 0. The molecule has 0 atom stereocenters.